The van der Waals surface area contributed by atoms with E-state index in [1.807, 2.05) is 12.1 Å². The minimum atomic E-state index is -0.0881. The number of hydrogen-bond acceptors (Lipinski definition) is 6. The van der Waals surface area contributed by atoms with Gasteiger partial charge in [-0.1, -0.05) is 18.2 Å². The van der Waals surface area contributed by atoms with Gasteiger partial charge < -0.3 is 15.0 Å². The van der Waals surface area contributed by atoms with Gasteiger partial charge in [0.15, 0.2) is 0 Å². The lowest BCUT2D eigenvalue weighted by atomic mass is 10.0. The maximum Gasteiger partial charge on any atom is 0.253 e. The van der Waals surface area contributed by atoms with Crippen molar-refractivity contribution in [2.75, 3.05) is 38.2 Å². The maximum atomic E-state index is 12.7. The van der Waals surface area contributed by atoms with Crippen molar-refractivity contribution in [2.24, 2.45) is 0 Å². The summed E-state index contributed by atoms with van der Waals surface area (Å²) in [6.07, 6.45) is 3.28. The van der Waals surface area contributed by atoms with Crippen LogP contribution in [-0.2, 0) is 0 Å². The van der Waals surface area contributed by atoms with Crippen LogP contribution in [0.3, 0.4) is 0 Å². The number of rotatable bonds is 7. The Bertz CT molecular complexity index is 972. The van der Waals surface area contributed by atoms with Crippen molar-refractivity contribution in [1.82, 2.24) is 15.2 Å². The van der Waals surface area contributed by atoms with Gasteiger partial charge in [-0.25, -0.2) is 0 Å². The number of amides is 1. The molecule has 2 atom stereocenters. The monoisotopic (exact) mass is 436 g/mol. The maximum absolute atomic E-state index is 12.7. The number of thiophene rings is 1. The Morgan fingerprint density at radius 1 is 1.10 bits per heavy atom. The van der Waals surface area contributed by atoms with Gasteiger partial charge in [0.2, 0.25) is 0 Å². The average molecular weight is 437 g/mol. The highest BCUT2D eigenvalue weighted by Gasteiger charge is 2.31. The molecule has 4 rings (SSSR count). The molecule has 1 saturated heterocycles. The minimum absolute atomic E-state index is 0.0378. The second kappa shape index (κ2) is 9.94. The van der Waals surface area contributed by atoms with Gasteiger partial charge >= 0.3 is 0 Å². The molecule has 0 spiro atoms. The Hall–Kier alpha value is -2.90. The van der Waals surface area contributed by atoms with Crippen LogP contribution >= 0.6 is 11.3 Å². The molecule has 1 aliphatic rings. The van der Waals surface area contributed by atoms with Gasteiger partial charge in [0.25, 0.3) is 5.91 Å². The fourth-order valence-corrected chi connectivity index (χ4v) is 5.16. The smallest absolute Gasteiger partial charge is 0.253 e. The molecule has 1 aromatic carbocycles. The Morgan fingerprint density at radius 3 is 2.58 bits per heavy atom. The van der Waals surface area contributed by atoms with Crippen LogP contribution in [0, 0.1) is 0 Å². The zero-order valence-corrected chi connectivity index (χ0v) is 18.7. The molecule has 0 saturated carbocycles. The third kappa shape index (κ3) is 4.89. The van der Waals surface area contributed by atoms with Gasteiger partial charge in [0, 0.05) is 49.5 Å². The summed E-state index contributed by atoms with van der Waals surface area (Å²) in [4.78, 5) is 22.9. The third-order valence-electron chi connectivity index (χ3n) is 5.72. The molecule has 1 amide bonds. The van der Waals surface area contributed by atoms with Gasteiger partial charge in [-0.05, 0) is 42.6 Å². The van der Waals surface area contributed by atoms with Gasteiger partial charge in [-0.3, -0.25) is 14.7 Å². The third-order valence-corrected chi connectivity index (χ3v) is 6.67. The Kier molecular flexibility index (Phi) is 6.84. The summed E-state index contributed by atoms with van der Waals surface area (Å²) in [5, 5.41) is 5.30. The number of nitrogens with one attached hydrogen (secondary N) is 1. The van der Waals surface area contributed by atoms with Crippen LogP contribution in [0.25, 0.3) is 0 Å². The van der Waals surface area contributed by atoms with Crippen LogP contribution in [0.1, 0.15) is 28.2 Å². The second-order valence-electron chi connectivity index (χ2n) is 7.66. The van der Waals surface area contributed by atoms with E-state index in [0.717, 1.165) is 37.6 Å². The van der Waals surface area contributed by atoms with Crippen molar-refractivity contribution >= 4 is 22.9 Å². The molecule has 7 heteroatoms. The number of carbonyl (C=O) groups is 1. The first-order valence-corrected chi connectivity index (χ1v) is 11.4. The Morgan fingerprint density at radius 2 is 1.90 bits per heavy atom. The molecule has 162 valence electrons. The predicted molar refractivity (Wildman–Crippen MR) is 125 cm³/mol. The Balaban J connectivity index is 1.47. The van der Waals surface area contributed by atoms with Crippen LogP contribution in [0.2, 0.25) is 0 Å². The molecule has 1 N–H and O–H groups in total. The molecule has 3 heterocycles. The largest absolute Gasteiger partial charge is 0.495 e. The number of benzene rings is 1. The highest BCUT2D eigenvalue weighted by molar-refractivity contribution is 7.10. The van der Waals surface area contributed by atoms with Gasteiger partial charge in [0.05, 0.1) is 24.4 Å². The highest BCUT2D eigenvalue weighted by Crippen LogP contribution is 2.32. The first kappa shape index (κ1) is 21.3. The minimum Gasteiger partial charge on any atom is -0.495 e. The number of nitrogens with zero attached hydrogens (tertiary/aromatic N) is 3. The van der Waals surface area contributed by atoms with Crippen LogP contribution in [0.5, 0.6) is 5.75 Å². The van der Waals surface area contributed by atoms with E-state index in [1.165, 1.54) is 4.88 Å². The fraction of sp³-hybridized carbons (Fsp3) is 0.333. The van der Waals surface area contributed by atoms with E-state index in [2.05, 4.69) is 56.7 Å². The van der Waals surface area contributed by atoms with Crippen molar-refractivity contribution in [1.29, 1.82) is 0 Å². The van der Waals surface area contributed by atoms with Gasteiger partial charge in [0.1, 0.15) is 5.75 Å². The van der Waals surface area contributed by atoms with E-state index in [1.54, 1.807) is 43.0 Å². The molecular weight excluding hydrogens is 408 g/mol. The van der Waals surface area contributed by atoms with Gasteiger partial charge in [-0.2, -0.15) is 0 Å². The van der Waals surface area contributed by atoms with Crippen LogP contribution in [0.4, 0.5) is 5.69 Å². The second-order valence-corrected chi connectivity index (χ2v) is 8.64. The Labute approximate surface area is 187 Å². The van der Waals surface area contributed by atoms with E-state index in [0.29, 0.717) is 5.56 Å². The van der Waals surface area contributed by atoms with Crippen molar-refractivity contribution in [3.8, 4) is 5.75 Å². The van der Waals surface area contributed by atoms with E-state index in [-0.39, 0.29) is 18.0 Å². The number of anilines is 1. The number of pyridine rings is 1. The molecule has 1 fully saturated rings. The predicted octanol–water partition coefficient (Wildman–Crippen LogP) is 3.83. The normalized spacial score (nSPS) is 16.5. The molecule has 1 aliphatic heterocycles. The summed E-state index contributed by atoms with van der Waals surface area (Å²) >= 11 is 1.74. The number of methoxy groups -OCH3 is 1. The molecule has 6 nitrogen and oxygen atoms in total. The summed E-state index contributed by atoms with van der Waals surface area (Å²) < 4.78 is 5.55. The molecule has 0 aliphatic carbocycles. The summed E-state index contributed by atoms with van der Waals surface area (Å²) in [6, 6.07) is 16.1. The SMILES string of the molecule is COc1ccccc1N1CCN([C@H](c2cccs2)[C@@H](C)NC(=O)c2cccnc2)CC1. The lowest BCUT2D eigenvalue weighted by Crippen LogP contribution is -2.52. The standard InChI is InChI=1S/C24H28N4O2S/c1-18(26-24(29)19-7-5-11-25-17-19)23(22-10-6-16-31-22)28-14-12-27(13-15-28)20-8-3-4-9-21(20)30-2/h3-11,16-18,23H,12-15H2,1-2H3,(H,26,29)/t18-,23+/m1/s1. The summed E-state index contributed by atoms with van der Waals surface area (Å²) in [5.41, 5.74) is 1.72. The summed E-state index contributed by atoms with van der Waals surface area (Å²) in [7, 11) is 1.72. The topological polar surface area (TPSA) is 57.7 Å². The van der Waals surface area contributed by atoms with Crippen LogP contribution in [0.15, 0.2) is 66.3 Å². The summed E-state index contributed by atoms with van der Waals surface area (Å²) in [6.45, 7) is 5.73. The summed E-state index contributed by atoms with van der Waals surface area (Å²) in [5.74, 6) is 0.817. The van der Waals surface area contributed by atoms with Crippen LogP contribution in [-0.4, -0.2) is 55.1 Å². The number of para-hydroxylation sites is 2. The molecule has 2 aromatic heterocycles. The zero-order chi connectivity index (χ0) is 21.6. The fourth-order valence-electron chi connectivity index (χ4n) is 4.20. The number of ether oxygens (including phenoxy) is 1. The molecular formula is C24H28N4O2S. The average Bonchev–Trinajstić information content (AvgIpc) is 3.34. The number of hydrogen-bond donors (Lipinski definition) is 1. The lowest BCUT2D eigenvalue weighted by molar-refractivity contribution is 0.0890. The molecule has 31 heavy (non-hydrogen) atoms. The molecule has 0 bridgehead atoms. The van der Waals surface area contributed by atoms with Crippen molar-refractivity contribution in [3.05, 3.63) is 76.7 Å². The zero-order valence-electron chi connectivity index (χ0n) is 17.9. The van der Waals surface area contributed by atoms with E-state index in [4.69, 9.17) is 4.74 Å². The molecule has 3 aromatic rings. The molecule has 0 radical (unpaired) electrons. The lowest BCUT2D eigenvalue weighted by Gasteiger charge is -2.42. The molecule has 0 unspecified atom stereocenters. The first-order chi connectivity index (χ1) is 15.2. The van der Waals surface area contributed by atoms with E-state index >= 15 is 0 Å². The van der Waals surface area contributed by atoms with Crippen molar-refractivity contribution in [3.63, 3.8) is 0 Å². The van der Waals surface area contributed by atoms with Gasteiger partial charge in [-0.15, -0.1) is 11.3 Å². The number of piperazine rings is 1. The number of aromatic nitrogens is 1. The van der Waals surface area contributed by atoms with Crippen molar-refractivity contribution in [2.45, 2.75) is 19.0 Å². The van der Waals surface area contributed by atoms with E-state index < -0.39 is 0 Å². The first-order valence-electron chi connectivity index (χ1n) is 10.5. The van der Waals surface area contributed by atoms with Crippen LogP contribution < -0.4 is 15.0 Å². The van der Waals surface area contributed by atoms with E-state index in [9.17, 15) is 4.79 Å². The highest BCUT2D eigenvalue weighted by atomic mass is 32.1. The van der Waals surface area contributed by atoms with Crippen molar-refractivity contribution < 1.29 is 9.53 Å². The quantitative estimate of drug-likeness (QED) is 0.610. The number of carbonyl (C=O) groups excluding carboxylic acids is 1.